The molecular weight excluding hydrogens is 276 g/mol. The summed E-state index contributed by atoms with van der Waals surface area (Å²) >= 11 is -0.790. The van der Waals surface area contributed by atoms with E-state index < -0.39 is 11.2 Å². The molecule has 1 unspecified atom stereocenters. The largest absolute Gasteiger partial charge is 0.617 e. The lowest BCUT2D eigenvalue weighted by molar-refractivity contribution is 0.411. The average Bonchev–Trinajstić information content (AvgIpc) is 2.42. The molecule has 0 aliphatic carbocycles. The van der Waals surface area contributed by atoms with Gasteiger partial charge in [0.1, 0.15) is 5.75 Å². The zero-order valence-electron chi connectivity index (χ0n) is 12.4. The third-order valence-electron chi connectivity index (χ3n) is 2.99. The summed E-state index contributed by atoms with van der Waals surface area (Å²) in [5.74, 6) is 2.05. The number of ether oxygens (including phenoxy) is 1. The topological polar surface area (TPSA) is 96.1 Å². The van der Waals surface area contributed by atoms with Gasteiger partial charge in [-0.05, 0) is 6.42 Å². The first-order valence-corrected chi connectivity index (χ1v) is 8.52. The van der Waals surface area contributed by atoms with E-state index in [-0.39, 0.29) is 12.0 Å². The van der Waals surface area contributed by atoms with Gasteiger partial charge in [-0.25, -0.2) is 4.98 Å². The van der Waals surface area contributed by atoms with Crippen LogP contribution in [-0.2, 0) is 11.2 Å². The average molecular weight is 300 g/mol. The number of methoxy groups -OCH3 is 1. The van der Waals surface area contributed by atoms with Crippen LogP contribution >= 0.6 is 0 Å². The predicted octanol–water partition coefficient (Wildman–Crippen LogP) is 1.81. The van der Waals surface area contributed by atoms with Crippen LogP contribution in [0.5, 0.6) is 5.75 Å². The fourth-order valence-electron chi connectivity index (χ4n) is 1.88. The summed E-state index contributed by atoms with van der Waals surface area (Å²) in [6, 6.07) is 0.210. The molecule has 1 aromatic rings. The first-order valence-electron chi connectivity index (χ1n) is 6.79. The Morgan fingerprint density at radius 3 is 2.85 bits per heavy atom. The number of anilines is 2. The van der Waals surface area contributed by atoms with Crippen molar-refractivity contribution in [2.24, 2.45) is 0 Å². The lowest BCUT2D eigenvalue weighted by atomic mass is 10.1. The minimum atomic E-state index is -0.790. The second-order valence-corrected chi connectivity index (χ2v) is 6.25. The molecular formula is C13H24N4O2S. The van der Waals surface area contributed by atoms with Gasteiger partial charge in [-0.3, -0.25) is 0 Å². The van der Waals surface area contributed by atoms with E-state index in [0.717, 1.165) is 25.7 Å². The van der Waals surface area contributed by atoms with Crippen molar-refractivity contribution in [2.45, 2.75) is 38.6 Å². The van der Waals surface area contributed by atoms with Gasteiger partial charge in [0.25, 0.3) is 0 Å². The number of nitrogen functional groups attached to an aromatic ring is 1. The lowest BCUT2D eigenvalue weighted by Gasteiger charge is -2.20. The molecule has 0 aliphatic rings. The van der Waals surface area contributed by atoms with Crippen LogP contribution < -0.4 is 15.8 Å². The summed E-state index contributed by atoms with van der Waals surface area (Å²) < 4.78 is 16.5. The zero-order valence-corrected chi connectivity index (χ0v) is 13.2. The molecule has 6 nitrogen and oxygen atoms in total. The fraction of sp³-hybridized carbons (Fsp3) is 0.692. The molecule has 0 aromatic carbocycles. The molecule has 0 amide bonds. The Hall–Kier alpha value is -1.21. The Kier molecular flexibility index (Phi) is 7.46. The summed E-state index contributed by atoms with van der Waals surface area (Å²) in [5.41, 5.74) is 5.61. The number of hydrogen-bond acceptors (Lipinski definition) is 6. The maximum Gasteiger partial charge on any atom is 0.222 e. The molecule has 7 heteroatoms. The van der Waals surface area contributed by atoms with E-state index in [1.165, 1.54) is 0 Å². The Labute approximate surface area is 123 Å². The summed E-state index contributed by atoms with van der Waals surface area (Å²) in [6.45, 7) is 2.15. The van der Waals surface area contributed by atoms with E-state index in [2.05, 4.69) is 22.2 Å². The van der Waals surface area contributed by atoms with Crippen LogP contribution in [-0.4, -0.2) is 39.7 Å². The van der Waals surface area contributed by atoms with Crippen LogP contribution in [0.2, 0.25) is 0 Å². The van der Waals surface area contributed by atoms with Gasteiger partial charge in [0.05, 0.1) is 19.6 Å². The Bertz CT molecular complexity index is 404. The molecule has 0 radical (unpaired) electrons. The van der Waals surface area contributed by atoms with E-state index >= 15 is 0 Å². The molecule has 0 bridgehead atoms. The SMILES string of the molecule is CCCC[C@@H](CC[S+](C)[O-])Nc1nc(N)ncc1OC. The van der Waals surface area contributed by atoms with E-state index in [9.17, 15) is 4.55 Å². The molecule has 2 atom stereocenters. The van der Waals surface area contributed by atoms with Gasteiger partial charge in [0.2, 0.25) is 5.95 Å². The summed E-state index contributed by atoms with van der Waals surface area (Å²) in [5, 5.41) is 3.34. The van der Waals surface area contributed by atoms with Crippen LogP contribution in [0, 0.1) is 0 Å². The van der Waals surface area contributed by atoms with Crippen LogP contribution in [0.25, 0.3) is 0 Å². The second kappa shape index (κ2) is 8.86. The summed E-state index contributed by atoms with van der Waals surface area (Å²) in [6.07, 6.45) is 7.34. The van der Waals surface area contributed by atoms with Crippen LogP contribution in [0.1, 0.15) is 32.6 Å². The van der Waals surface area contributed by atoms with Crippen molar-refractivity contribution in [1.82, 2.24) is 9.97 Å². The second-order valence-electron chi connectivity index (χ2n) is 4.69. The smallest absolute Gasteiger partial charge is 0.222 e. The number of nitrogens with zero attached hydrogens (tertiary/aromatic N) is 2. The minimum Gasteiger partial charge on any atom is -0.617 e. The zero-order chi connectivity index (χ0) is 15.0. The van der Waals surface area contributed by atoms with E-state index in [4.69, 9.17) is 10.5 Å². The summed E-state index contributed by atoms with van der Waals surface area (Å²) in [7, 11) is 1.57. The van der Waals surface area contributed by atoms with Gasteiger partial charge in [-0.2, -0.15) is 4.98 Å². The van der Waals surface area contributed by atoms with Crippen molar-refractivity contribution >= 4 is 22.9 Å². The highest BCUT2D eigenvalue weighted by Crippen LogP contribution is 2.23. The number of rotatable bonds is 9. The molecule has 1 aromatic heterocycles. The number of hydrogen-bond donors (Lipinski definition) is 2. The molecule has 0 saturated heterocycles. The molecule has 1 heterocycles. The van der Waals surface area contributed by atoms with Crippen LogP contribution in [0.4, 0.5) is 11.8 Å². The van der Waals surface area contributed by atoms with Crippen molar-refractivity contribution in [3.8, 4) is 5.75 Å². The standard InChI is InChI=1S/C13H24N4O2S/c1-4-5-6-10(7-8-20(3)18)16-12-11(19-2)9-15-13(14)17-12/h9-10H,4-8H2,1-3H3,(H3,14,15,16,17)/t10-,20?/m0/s1. The van der Waals surface area contributed by atoms with Crippen LogP contribution in [0.15, 0.2) is 6.20 Å². The molecule has 0 saturated carbocycles. The number of nitrogens with two attached hydrogens (primary N) is 1. The lowest BCUT2D eigenvalue weighted by Crippen LogP contribution is -2.24. The van der Waals surface area contributed by atoms with Gasteiger partial charge in [-0.1, -0.05) is 30.9 Å². The normalized spacial score (nSPS) is 13.8. The van der Waals surface area contributed by atoms with Crippen molar-refractivity contribution in [2.75, 3.05) is 30.2 Å². The molecule has 3 N–H and O–H groups in total. The quantitative estimate of drug-likeness (QED) is 0.675. The van der Waals surface area contributed by atoms with Crippen molar-refractivity contribution in [1.29, 1.82) is 0 Å². The van der Waals surface area contributed by atoms with Crippen molar-refractivity contribution < 1.29 is 9.29 Å². The monoisotopic (exact) mass is 300 g/mol. The Morgan fingerprint density at radius 1 is 1.50 bits per heavy atom. The third-order valence-corrected chi connectivity index (χ3v) is 3.81. The van der Waals surface area contributed by atoms with Gasteiger partial charge < -0.3 is 20.3 Å². The minimum absolute atomic E-state index is 0.210. The van der Waals surface area contributed by atoms with Crippen LogP contribution in [0.3, 0.4) is 0 Å². The van der Waals surface area contributed by atoms with Crippen molar-refractivity contribution in [3.63, 3.8) is 0 Å². The fourth-order valence-corrected chi connectivity index (χ4v) is 2.49. The van der Waals surface area contributed by atoms with Gasteiger partial charge in [0.15, 0.2) is 11.6 Å². The predicted molar refractivity (Wildman–Crippen MR) is 83.5 cm³/mol. The van der Waals surface area contributed by atoms with Gasteiger partial charge in [-0.15, -0.1) is 0 Å². The highest BCUT2D eigenvalue weighted by atomic mass is 32.2. The van der Waals surface area contributed by atoms with Crippen molar-refractivity contribution in [3.05, 3.63) is 6.20 Å². The molecule has 114 valence electrons. The summed E-state index contributed by atoms with van der Waals surface area (Å²) in [4.78, 5) is 8.08. The first kappa shape index (κ1) is 16.8. The number of unbranched alkanes of at least 4 members (excludes halogenated alkanes) is 1. The van der Waals surface area contributed by atoms with E-state index in [1.54, 1.807) is 19.6 Å². The Balaban J connectivity index is 2.73. The molecule has 1 rings (SSSR count). The molecule has 0 spiro atoms. The number of nitrogens with one attached hydrogen (secondary N) is 1. The third kappa shape index (κ3) is 5.83. The first-order chi connectivity index (χ1) is 9.56. The molecule has 0 fully saturated rings. The number of aromatic nitrogens is 2. The van der Waals surface area contributed by atoms with Gasteiger partial charge >= 0.3 is 0 Å². The van der Waals surface area contributed by atoms with Gasteiger partial charge in [0, 0.05) is 12.5 Å². The maximum absolute atomic E-state index is 11.3. The molecule has 20 heavy (non-hydrogen) atoms. The molecule has 0 aliphatic heterocycles. The van der Waals surface area contributed by atoms with E-state index in [1.807, 2.05) is 0 Å². The van der Waals surface area contributed by atoms with E-state index in [0.29, 0.717) is 17.3 Å². The highest BCUT2D eigenvalue weighted by Gasteiger charge is 2.15. The maximum atomic E-state index is 11.3. The highest BCUT2D eigenvalue weighted by molar-refractivity contribution is 7.90. The Morgan fingerprint density at radius 2 is 2.25 bits per heavy atom.